The van der Waals surface area contributed by atoms with E-state index in [4.69, 9.17) is 46.4 Å². The average molecular weight is 325 g/mol. The van der Waals surface area contributed by atoms with Crippen molar-refractivity contribution < 1.29 is 0 Å². The van der Waals surface area contributed by atoms with Crippen LogP contribution in [0.15, 0.2) is 0 Å². The van der Waals surface area contributed by atoms with E-state index >= 15 is 0 Å². The van der Waals surface area contributed by atoms with Crippen LogP contribution in [0.1, 0.15) is 0 Å². The van der Waals surface area contributed by atoms with Gasteiger partial charge in [-0.2, -0.15) is 0 Å². The second-order valence-electron chi connectivity index (χ2n) is 4.00. The van der Waals surface area contributed by atoms with Crippen LogP contribution >= 0.6 is 46.4 Å². The van der Waals surface area contributed by atoms with Crippen molar-refractivity contribution in [3.05, 3.63) is 0 Å². The highest BCUT2D eigenvalue weighted by Crippen LogP contribution is 2.02. The van der Waals surface area contributed by atoms with Gasteiger partial charge >= 0.3 is 0 Å². The highest BCUT2D eigenvalue weighted by Gasteiger charge is 2.14. The minimum Gasteiger partial charge on any atom is -0.302 e. The smallest absolute Gasteiger partial charge is 0.0965 e. The van der Waals surface area contributed by atoms with Gasteiger partial charge in [0, 0.05) is 37.9 Å². The summed E-state index contributed by atoms with van der Waals surface area (Å²) in [4.78, 5) is 4.12. The largest absolute Gasteiger partial charge is 0.302 e. The molecule has 0 amide bonds. The molecule has 0 aromatic carbocycles. The number of nitrogens with one attached hydrogen (secondary N) is 1. The summed E-state index contributed by atoms with van der Waals surface area (Å²) in [5.41, 5.74) is -0.370. The SMILES string of the molecule is CN(CCCl)CC(Cl)NC(Cl)CN(C)CCCl. The molecule has 0 aliphatic heterocycles. The quantitative estimate of drug-likeness (QED) is 0.490. The lowest BCUT2D eigenvalue weighted by Crippen LogP contribution is -2.44. The topological polar surface area (TPSA) is 18.5 Å². The molecule has 1 N–H and O–H groups in total. The molecule has 0 radical (unpaired) electrons. The Bertz CT molecular complexity index is 167. The van der Waals surface area contributed by atoms with Crippen molar-refractivity contribution in [3.8, 4) is 0 Å². The number of alkyl halides is 4. The lowest BCUT2D eigenvalue weighted by atomic mass is 10.4. The molecule has 0 spiro atoms. The van der Waals surface area contributed by atoms with E-state index in [1.807, 2.05) is 14.1 Å². The van der Waals surface area contributed by atoms with Gasteiger partial charge in [-0.05, 0) is 14.1 Å². The molecule has 2 atom stereocenters. The number of hydrogen-bond acceptors (Lipinski definition) is 3. The van der Waals surface area contributed by atoms with Crippen LogP contribution in [0.25, 0.3) is 0 Å². The zero-order valence-electron chi connectivity index (χ0n) is 10.3. The summed E-state index contributed by atoms with van der Waals surface area (Å²) in [6.45, 7) is 3.03. The summed E-state index contributed by atoms with van der Waals surface area (Å²) >= 11 is 23.6. The van der Waals surface area contributed by atoms with E-state index in [0.717, 1.165) is 13.1 Å². The Morgan fingerprint density at radius 2 is 1.24 bits per heavy atom. The first kappa shape index (κ1) is 18.0. The molecular weight excluding hydrogens is 304 g/mol. The molecule has 0 saturated heterocycles. The lowest BCUT2D eigenvalue weighted by Gasteiger charge is -2.24. The van der Waals surface area contributed by atoms with Crippen molar-refractivity contribution >= 4 is 46.4 Å². The van der Waals surface area contributed by atoms with E-state index in [1.165, 1.54) is 0 Å². The second kappa shape index (κ2) is 10.9. The third kappa shape index (κ3) is 10.6. The molecule has 0 aromatic rings. The number of nitrogens with zero attached hydrogens (tertiary/aromatic N) is 2. The van der Waals surface area contributed by atoms with Crippen molar-refractivity contribution in [2.45, 2.75) is 11.0 Å². The van der Waals surface area contributed by atoms with Crippen molar-refractivity contribution in [3.63, 3.8) is 0 Å². The van der Waals surface area contributed by atoms with Crippen LogP contribution in [-0.4, -0.2) is 72.8 Å². The minimum absolute atomic E-state index is 0.185. The Morgan fingerprint density at radius 3 is 1.53 bits per heavy atom. The molecule has 0 aliphatic rings. The van der Waals surface area contributed by atoms with Gasteiger partial charge in [0.05, 0.1) is 11.0 Å². The fourth-order valence-corrected chi connectivity index (χ4v) is 2.74. The fourth-order valence-electron chi connectivity index (χ4n) is 1.32. The van der Waals surface area contributed by atoms with Crippen LogP contribution in [0.2, 0.25) is 0 Å². The summed E-state index contributed by atoms with van der Waals surface area (Å²) < 4.78 is 0. The molecule has 3 nitrogen and oxygen atoms in total. The first-order chi connectivity index (χ1) is 7.99. The van der Waals surface area contributed by atoms with Gasteiger partial charge in [0.15, 0.2) is 0 Å². The molecule has 0 rings (SSSR count). The van der Waals surface area contributed by atoms with Crippen molar-refractivity contribution in [2.75, 3.05) is 52.0 Å². The van der Waals surface area contributed by atoms with Gasteiger partial charge in [-0.15, -0.1) is 46.4 Å². The van der Waals surface area contributed by atoms with Gasteiger partial charge in [-0.1, -0.05) is 0 Å². The summed E-state index contributed by atoms with van der Waals surface area (Å²) in [5, 5.41) is 3.12. The summed E-state index contributed by atoms with van der Waals surface area (Å²) in [5.74, 6) is 1.20. The van der Waals surface area contributed by atoms with Crippen LogP contribution in [-0.2, 0) is 0 Å². The zero-order chi connectivity index (χ0) is 13.3. The van der Waals surface area contributed by atoms with Crippen LogP contribution in [0.5, 0.6) is 0 Å². The third-order valence-electron chi connectivity index (χ3n) is 2.24. The van der Waals surface area contributed by atoms with Crippen molar-refractivity contribution in [1.82, 2.24) is 15.1 Å². The Balaban J connectivity index is 3.74. The monoisotopic (exact) mass is 323 g/mol. The molecule has 0 bridgehead atoms. The molecule has 104 valence electrons. The van der Waals surface area contributed by atoms with Gasteiger partial charge in [0.25, 0.3) is 0 Å². The molecule has 0 saturated carbocycles. The molecule has 0 heterocycles. The third-order valence-corrected chi connectivity index (χ3v) is 3.10. The predicted octanol–water partition coefficient (Wildman–Crippen LogP) is 2.05. The number of rotatable bonds is 10. The number of halogens is 4. The first-order valence-corrected chi connectivity index (χ1v) is 7.47. The van der Waals surface area contributed by atoms with Crippen LogP contribution in [0.4, 0.5) is 0 Å². The number of likely N-dealkylation sites (N-methyl/N-ethyl adjacent to an activating group) is 2. The standard InChI is InChI=1S/C10H21Cl4N3/c1-16(5-3-11)7-9(13)15-10(14)8-17(2)6-4-12/h9-10,15H,3-8H2,1-2H3. The van der Waals surface area contributed by atoms with Crippen LogP contribution in [0, 0.1) is 0 Å². The zero-order valence-corrected chi connectivity index (χ0v) is 13.3. The van der Waals surface area contributed by atoms with Gasteiger partial charge < -0.3 is 9.80 Å². The maximum Gasteiger partial charge on any atom is 0.0965 e. The van der Waals surface area contributed by atoms with E-state index in [-0.39, 0.29) is 11.0 Å². The van der Waals surface area contributed by atoms with Gasteiger partial charge in [0.2, 0.25) is 0 Å². The van der Waals surface area contributed by atoms with E-state index in [9.17, 15) is 0 Å². The van der Waals surface area contributed by atoms with E-state index in [0.29, 0.717) is 24.8 Å². The maximum atomic E-state index is 6.14. The minimum atomic E-state index is -0.185. The molecular formula is C10H21Cl4N3. The van der Waals surface area contributed by atoms with Crippen molar-refractivity contribution in [1.29, 1.82) is 0 Å². The summed E-state index contributed by atoms with van der Waals surface area (Å²) in [6, 6.07) is 0. The number of hydrogen-bond donors (Lipinski definition) is 1. The fraction of sp³-hybridized carbons (Fsp3) is 1.00. The molecule has 0 aliphatic carbocycles. The Hall–Kier alpha value is 1.04. The Kier molecular flexibility index (Phi) is 11.6. The predicted molar refractivity (Wildman–Crippen MR) is 78.9 cm³/mol. The lowest BCUT2D eigenvalue weighted by molar-refractivity contribution is 0.307. The van der Waals surface area contributed by atoms with E-state index < -0.39 is 0 Å². The second-order valence-corrected chi connectivity index (χ2v) is 5.81. The van der Waals surface area contributed by atoms with E-state index in [1.54, 1.807) is 0 Å². The highest BCUT2D eigenvalue weighted by molar-refractivity contribution is 6.23. The molecule has 0 fully saturated rings. The summed E-state index contributed by atoms with van der Waals surface area (Å²) in [7, 11) is 3.95. The molecule has 2 unspecified atom stereocenters. The Labute approximate surface area is 124 Å². The highest BCUT2D eigenvalue weighted by atomic mass is 35.5. The normalized spacial score (nSPS) is 15.5. The van der Waals surface area contributed by atoms with Gasteiger partial charge in [-0.3, -0.25) is 5.32 Å². The molecule has 17 heavy (non-hydrogen) atoms. The maximum absolute atomic E-state index is 6.14. The van der Waals surface area contributed by atoms with Gasteiger partial charge in [-0.25, -0.2) is 0 Å². The van der Waals surface area contributed by atoms with Crippen molar-refractivity contribution in [2.24, 2.45) is 0 Å². The first-order valence-electron chi connectivity index (χ1n) is 5.52. The van der Waals surface area contributed by atoms with E-state index in [2.05, 4.69) is 15.1 Å². The summed E-state index contributed by atoms with van der Waals surface area (Å²) in [6.07, 6.45) is 0. The molecule has 7 heteroatoms. The van der Waals surface area contributed by atoms with Crippen LogP contribution < -0.4 is 5.32 Å². The Morgan fingerprint density at radius 1 is 0.882 bits per heavy atom. The van der Waals surface area contributed by atoms with Gasteiger partial charge in [0.1, 0.15) is 0 Å². The average Bonchev–Trinajstić information content (AvgIpc) is 2.16. The molecule has 0 aromatic heterocycles. The van der Waals surface area contributed by atoms with Crippen LogP contribution in [0.3, 0.4) is 0 Å².